The molecule has 96 valence electrons. The van der Waals surface area contributed by atoms with Crippen molar-refractivity contribution in [3.05, 3.63) is 29.1 Å². The maximum absolute atomic E-state index is 12.6. The van der Waals surface area contributed by atoms with Gasteiger partial charge in [-0.1, -0.05) is 0 Å². The van der Waals surface area contributed by atoms with Gasteiger partial charge in [-0.2, -0.15) is 13.2 Å². The van der Waals surface area contributed by atoms with E-state index in [1.54, 1.807) is 0 Å². The number of fused-ring (bicyclic) bond motifs is 1. The number of aromatic carboxylic acids is 1. The van der Waals surface area contributed by atoms with Crippen LogP contribution in [0.1, 0.15) is 21.7 Å². The van der Waals surface area contributed by atoms with Crippen LogP contribution in [0.15, 0.2) is 12.1 Å². The first-order valence-electron chi connectivity index (χ1n) is 4.99. The smallest absolute Gasteiger partial charge is 0.449 e. The Balaban J connectivity index is 2.78. The quantitative estimate of drug-likeness (QED) is 0.855. The fourth-order valence-electron chi connectivity index (χ4n) is 1.83. The van der Waals surface area contributed by atoms with Crippen molar-refractivity contribution in [2.75, 3.05) is 0 Å². The third-order valence-electron chi connectivity index (χ3n) is 2.71. The second-order valence-corrected chi connectivity index (χ2v) is 3.95. The highest BCUT2D eigenvalue weighted by Crippen LogP contribution is 2.31. The van der Waals surface area contributed by atoms with Crippen molar-refractivity contribution in [2.45, 2.75) is 13.1 Å². The molecule has 0 aliphatic carbocycles. The predicted molar refractivity (Wildman–Crippen MR) is 57.4 cm³/mol. The highest BCUT2D eigenvalue weighted by molar-refractivity contribution is 5.94. The number of aromatic nitrogens is 2. The summed E-state index contributed by atoms with van der Waals surface area (Å²) in [4.78, 5) is 14.3. The molecule has 18 heavy (non-hydrogen) atoms. The van der Waals surface area contributed by atoms with Crippen LogP contribution in [0.3, 0.4) is 0 Å². The fourth-order valence-corrected chi connectivity index (χ4v) is 1.83. The molecule has 0 aliphatic heterocycles. The zero-order valence-electron chi connectivity index (χ0n) is 9.54. The average molecular weight is 258 g/mol. The number of halogens is 3. The van der Waals surface area contributed by atoms with Crippen LogP contribution in [0.2, 0.25) is 0 Å². The van der Waals surface area contributed by atoms with Crippen LogP contribution in [0.25, 0.3) is 11.0 Å². The minimum Gasteiger partial charge on any atom is -0.478 e. The van der Waals surface area contributed by atoms with Gasteiger partial charge in [-0.3, -0.25) is 0 Å². The first-order valence-corrected chi connectivity index (χ1v) is 4.99. The van der Waals surface area contributed by atoms with Crippen LogP contribution in [-0.4, -0.2) is 20.6 Å². The molecule has 0 bridgehead atoms. The number of benzene rings is 1. The van der Waals surface area contributed by atoms with Gasteiger partial charge in [0.25, 0.3) is 0 Å². The number of rotatable bonds is 1. The molecule has 0 fully saturated rings. The Morgan fingerprint density at radius 3 is 2.50 bits per heavy atom. The van der Waals surface area contributed by atoms with Crippen molar-refractivity contribution in [3.8, 4) is 0 Å². The lowest BCUT2D eigenvalue weighted by molar-refractivity contribution is -0.146. The molecule has 0 saturated carbocycles. The van der Waals surface area contributed by atoms with E-state index in [1.807, 2.05) is 0 Å². The molecule has 0 spiro atoms. The van der Waals surface area contributed by atoms with E-state index in [9.17, 15) is 18.0 Å². The summed E-state index contributed by atoms with van der Waals surface area (Å²) in [5.74, 6) is -2.23. The lowest BCUT2D eigenvalue weighted by Crippen LogP contribution is -2.12. The molecular formula is C11H9F3N2O2. The van der Waals surface area contributed by atoms with Gasteiger partial charge in [0.2, 0.25) is 5.82 Å². The average Bonchev–Trinajstić information content (AvgIpc) is 2.54. The normalized spacial score (nSPS) is 12.1. The predicted octanol–water partition coefficient (Wildman–Crippen LogP) is 2.60. The van der Waals surface area contributed by atoms with Crippen LogP contribution in [-0.2, 0) is 13.2 Å². The van der Waals surface area contributed by atoms with Crippen LogP contribution in [0, 0.1) is 6.92 Å². The standard InChI is InChI=1S/C11H9F3N2O2/c1-5-3-8-7(4-6(5)9(17)18)15-10(16(8)2)11(12,13)14/h3-4H,1-2H3,(H,17,18). The lowest BCUT2D eigenvalue weighted by atomic mass is 10.1. The number of carboxylic acid groups (broad SMARTS) is 1. The van der Waals surface area contributed by atoms with Crippen molar-refractivity contribution in [1.82, 2.24) is 9.55 Å². The van der Waals surface area contributed by atoms with E-state index in [1.165, 1.54) is 20.0 Å². The number of alkyl halides is 3. The van der Waals surface area contributed by atoms with Crippen molar-refractivity contribution >= 4 is 17.0 Å². The molecule has 2 aromatic rings. The van der Waals surface area contributed by atoms with Crippen LogP contribution >= 0.6 is 0 Å². The third kappa shape index (κ3) is 1.81. The molecule has 0 saturated heterocycles. The molecule has 1 N–H and O–H groups in total. The SMILES string of the molecule is Cc1cc2c(cc1C(=O)O)nc(C(F)(F)F)n2C. The summed E-state index contributed by atoms with van der Waals surface area (Å²) in [6, 6.07) is 2.54. The Kier molecular flexibility index (Phi) is 2.57. The van der Waals surface area contributed by atoms with Gasteiger partial charge in [0.05, 0.1) is 16.6 Å². The van der Waals surface area contributed by atoms with Gasteiger partial charge < -0.3 is 9.67 Å². The van der Waals surface area contributed by atoms with E-state index in [-0.39, 0.29) is 16.6 Å². The monoisotopic (exact) mass is 258 g/mol. The van der Waals surface area contributed by atoms with Gasteiger partial charge in [-0.25, -0.2) is 9.78 Å². The van der Waals surface area contributed by atoms with Gasteiger partial charge >= 0.3 is 12.1 Å². The molecule has 0 unspecified atom stereocenters. The summed E-state index contributed by atoms with van der Waals surface area (Å²) in [6.45, 7) is 1.53. The van der Waals surface area contributed by atoms with E-state index < -0.39 is 18.0 Å². The molecule has 7 heteroatoms. The van der Waals surface area contributed by atoms with E-state index in [4.69, 9.17) is 5.11 Å². The molecule has 1 heterocycles. The Bertz CT molecular complexity index is 644. The number of carboxylic acids is 1. The third-order valence-corrected chi connectivity index (χ3v) is 2.71. The Morgan fingerprint density at radius 1 is 1.39 bits per heavy atom. The molecule has 0 atom stereocenters. The van der Waals surface area contributed by atoms with Gasteiger partial charge in [-0.05, 0) is 24.6 Å². The Labute approximate surface area is 99.7 Å². The van der Waals surface area contributed by atoms with Crippen LogP contribution < -0.4 is 0 Å². The van der Waals surface area contributed by atoms with Gasteiger partial charge in [0, 0.05) is 7.05 Å². The zero-order valence-corrected chi connectivity index (χ0v) is 9.54. The van der Waals surface area contributed by atoms with Gasteiger partial charge in [0.15, 0.2) is 0 Å². The van der Waals surface area contributed by atoms with E-state index in [2.05, 4.69) is 4.98 Å². The molecule has 0 aliphatic rings. The molecule has 2 rings (SSSR count). The maximum Gasteiger partial charge on any atom is 0.449 e. The minimum atomic E-state index is -4.56. The van der Waals surface area contributed by atoms with Gasteiger partial charge in [-0.15, -0.1) is 0 Å². The number of hydrogen-bond acceptors (Lipinski definition) is 2. The lowest BCUT2D eigenvalue weighted by Gasteiger charge is -2.05. The molecular weight excluding hydrogens is 249 g/mol. The van der Waals surface area contributed by atoms with Crippen molar-refractivity contribution in [2.24, 2.45) is 7.05 Å². The van der Waals surface area contributed by atoms with Crippen molar-refractivity contribution in [1.29, 1.82) is 0 Å². The number of aryl methyl sites for hydroxylation is 2. The van der Waals surface area contributed by atoms with Crippen molar-refractivity contribution in [3.63, 3.8) is 0 Å². The molecule has 1 aromatic carbocycles. The summed E-state index contributed by atoms with van der Waals surface area (Å²) >= 11 is 0. The number of nitrogens with zero attached hydrogens (tertiary/aromatic N) is 2. The second-order valence-electron chi connectivity index (χ2n) is 3.95. The highest BCUT2D eigenvalue weighted by atomic mass is 19.4. The molecule has 0 amide bonds. The minimum absolute atomic E-state index is 0.0211. The van der Waals surface area contributed by atoms with E-state index in [0.29, 0.717) is 5.56 Å². The van der Waals surface area contributed by atoms with Gasteiger partial charge in [0.1, 0.15) is 0 Å². The first-order chi connectivity index (χ1) is 8.21. The summed E-state index contributed by atoms with van der Waals surface area (Å²) in [6.07, 6.45) is -4.56. The summed E-state index contributed by atoms with van der Waals surface area (Å²) in [5.41, 5.74) is 0.624. The van der Waals surface area contributed by atoms with Crippen molar-refractivity contribution < 1.29 is 23.1 Å². The Hall–Kier alpha value is -2.05. The summed E-state index contributed by atoms with van der Waals surface area (Å²) in [5, 5.41) is 8.90. The number of hydrogen-bond donors (Lipinski definition) is 1. The fraction of sp³-hybridized carbons (Fsp3) is 0.273. The van der Waals surface area contributed by atoms with Crippen LogP contribution in [0.5, 0.6) is 0 Å². The highest BCUT2D eigenvalue weighted by Gasteiger charge is 2.36. The number of carbonyl (C=O) groups is 1. The van der Waals surface area contributed by atoms with E-state index >= 15 is 0 Å². The van der Waals surface area contributed by atoms with Crippen LogP contribution in [0.4, 0.5) is 13.2 Å². The first kappa shape index (κ1) is 12.4. The zero-order chi connectivity index (χ0) is 13.7. The summed E-state index contributed by atoms with van der Waals surface area (Å²) < 4.78 is 38.9. The Morgan fingerprint density at radius 2 is 2.00 bits per heavy atom. The molecule has 0 radical (unpaired) electrons. The second kappa shape index (κ2) is 3.72. The summed E-state index contributed by atoms with van der Waals surface area (Å²) in [7, 11) is 1.25. The molecule has 4 nitrogen and oxygen atoms in total. The number of imidazole rings is 1. The molecule has 1 aromatic heterocycles. The van der Waals surface area contributed by atoms with E-state index in [0.717, 1.165) is 10.6 Å². The topological polar surface area (TPSA) is 55.1 Å². The largest absolute Gasteiger partial charge is 0.478 e. The maximum atomic E-state index is 12.6.